The van der Waals surface area contributed by atoms with E-state index in [0.29, 0.717) is 0 Å². The van der Waals surface area contributed by atoms with Crippen LogP contribution >= 0.6 is 0 Å². The third-order valence-corrected chi connectivity index (χ3v) is 3.32. The van der Waals surface area contributed by atoms with Gasteiger partial charge in [-0.05, 0) is 25.0 Å². The Balaban J connectivity index is 3.68. The Morgan fingerprint density at radius 3 is 1.80 bits per heavy atom. The molecule has 0 radical (unpaired) electrons. The number of benzene rings is 1. The summed E-state index contributed by atoms with van der Waals surface area (Å²) in [6.07, 6.45) is 0. The lowest BCUT2D eigenvalue weighted by molar-refractivity contribution is 0.476. The summed E-state index contributed by atoms with van der Waals surface area (Å²) in [7, 11) is -6.45. The lowest BCUT2D eigenvalue weighted by atomic mass is 10.1. The molecule has 0 aliphatic rings. The summed E-state index contributed by atoms with van der Waals surface area (Å²) in [6, 6.07) is 0. The van der Waals surface area contributed by atoms with Gasteiger partial charge < -0.3 is 5.73 Å². The number of nitrogen functional groups attached to an aromatic ring is 1. The van der Waals surface area contributed by atoms with Gasteiger partial charge in [0.2, 0.25) is 0 Å². The van der Waals surface area contributed by atoms with Gasteiger partial charge in [-0.3, -0.25) is 0 Å². The molecule has 0 aliphatic heterocycles. The van der Waals surface area contributed by atoms with Crippen molar-refractivity contribution in [3.05, 3.63) is 22.8 Å². The summed E-state index contributed by atoms with van der Waals surface area (Å²) >= 11 is 0. The first-order chi connectivity index (χ1) is 6.68. The Morgan fingerprint density at radius 2 is 1.40 bits per heavy atom. The molecule has 0 bridgehead atoms. The van der Waals surface area contributed by atoms with Crippen molar-refractivity contribution in [1.82, 2.24) is 0 Å². The van der Waals surface area contributed by atoms with Gasteiger partial charge in [0.1, 0.15) is 0 Å². The molecular weight excluding hydrogens is 233 g/mol. The average molecular weight is 241 g/mol. The predicted molar refractivity (Wildman–Crippen MR) is 49.0 cm³/mol. The van der Waals surface area contributed by atoms with Gasteiger partial charge in [0.25, 0.3) is 0 Å². The van der Waals surface area contributed by atoms with Crippen LogP contribution in [-0.4, -0.2) is 9.08 Å². The highest BCUT2D eigenvalue weighted by Gasteiger charge is 2.46. The molecule has 0 saturated carbocycles. The van der Waals surface area contributed by atoms with Crippen LogP contribution < -0.4 is 10.9 Å². The molecule has 0 aliphatic carbocycles. The maximum absolute atomic E-state index is 13.1. The van der Waals surface area contributed by atoms with Crippen molar-refractivity contribution < 1.29 is 21.1 Å². The number of hydrogen-bond acceptors (Lipinski definition) is 1. The molecule has 0 heterocycles. The lowest BCUT2D eigenvalue weighted by Gasteiger charge is -2.13. The van der Waals surface area contributed by atoms with E-state index in [1.54, 1.807) is 0 Å². The second-order valence-corrected chi connectivity index (χ2v) is 4.66. The van der Waals surface area contributed by atoms with Crippen molar-refractivity contribution in [3.63, 3.8) is 0 Å². The van der Waals surface area contributed by atoms with E-state index < -0.39 is 31.6 Å². The van der Waals surface area contributed by atoms with Crippen molar-refractivity contribution in [2.24, 2.45) is 0 Å². The van der Waals surface area contributed by atoms with Crippen LogP contribution in [0.4, 0.5) is 26.8 Å². The highest BCUT2D eigenvalue weighted by molar-refractivity contribution is 6.75. The van der Waals surface area contributed by atoms with Gasteiger partial charge in [0.15, 0.2) is 11.6 Å². The zero-order valence-electron chi connectivity index (χ0n) is 7.97. The van der Waals surface area contributed by atoms with Crippen LogP contribution in [0, 0.1) is 25.5 Å². The normalized spacial score (nSPS) is 11.9. The minimum Gasteiger partial charge on any atom is -0.398 e. The van der Waals surface area contributed by atoms with Crippen molar-refractivity contribution in [3.8, 4) is 0 Å². The first-order valence-corrected chi connectivity index (χ1v) is 5.62. The molecule has 15 heavy (non-hydrogen) atoms. The van der Waals surface area contributed by atoms with Crippen molar-refractivity contribution >= 4 is 19.9 Å². The van der Waals surface area contributed by atoms with Gasteiger partial charge in [0, 0.05) is 5.69 Å². The zero-order valence-corrected chi connectivity index (χ0v) is 8.97. The third-order valence-electron chi connectivity index (χ3n) is 2.26. The van der Waals surface area contributed by atoms with Crippen LogP contribution in [0.2, 0.25) is 0 Å². The maximum atomic E-state index is 13.1. The van der Waals surface area contributed by atoms with E-state index in [-0.39, 0.29) is 11.1 Å². The molecule has 1 nitrogen and oxygen atoms in total. The molecule has 1 aromatic carbocycles. The van der Waals surface area contributed by atoms with E-state index in [9.17, 15) is 21.1 Å². The lowest BCUT2D eigenvalue weighted by Crippen LogP contribution is -2.40. The Morgan fingerprint density at radius 1 is 0.933 bits per heavy atom. The van der Waals surface area contributed by atoms with Crippen LogP contribution in [0.15, 0.2) is 0 Å². The van der Waals surface area contributed by atoms with Crippen LogP contribution in [0.5, 0.6) is 0 Å². The molecule has 0 fully saturated rings. The highest BCUT2D eigenvalue weighted by Crippen LogP contribution is 2.24. The first-order valence-electron chi connectivity index (χ1n) is 3.98. The summed E-state index contributed by atoms with van der Waals surface area (Å²) in [5, 5.41) is -1.59. The van der Waals surface area contributed by atoms with Gasteiger partial charge >= 0.3 is 9.08 Å². The fourth-order valence-electron chi connectivity index (χ4n) is 1.22. The smallest absolute Gasteiger partial charge is 0.398 e. The Bertz CT molecular complexity index is 383. The molecule has 1 aromatic rings. The molecule has 7 heteroatoms. The van der Waals surface area contributed by atoms with E-state index in [4.69, 9.17) is 5.73 Å². The van der Waals surface area contributed by atoms with E-state index in [1.165, 1.54) is 13.8 Å². The largest absolute Gasteiger partial charge is 0.658 e. The van der Waals surface area contributed by atoms with Crippen LogP contribution in [0.25, 0.3) is 0 Å². The Labute approximate surface area is 84.2 Å². The minimum absolute atomic E-state index is 0.0614. The fourth-order valence-corrected chi connectivity index (χ4v) is 2.08. The van der Waals surface area contributed by atoms with Crippen molar-refractivity contribution in [1.29, 1.82) is 0 Å². The van der Waals surface area contributed by atoms with E-state index >= 15 is 0 Å². The molecular formula is C8H8F5NSi. The van der Waals surface area contributed by atoms with Gasteiger partial charge in [-0.1, -0.05) is 0 Å². The average Bonchev–Trinajstić information content (AvgIpc) is 2.09. The third kappa shape index (κ3) is 1.83. The summed E-state index contributed by atoms with van der Waals surface area (Å²) < 4.78 is 63.5. The second kappa shape index (κ2) is 3.48. The van der Waals surface area contributed by atoms with Gasteiger partial charge in [-0.2, -0.15) is 0 Å². The summed E-state index contributed by atoms with van der Waals surface area (Å²) in [5.41, 5.74) is 4.19. The molecule has 0 aromatic heterocycles. The topological polar surface area (TPSA) is 26.0 Å². The van der Waals surface area contributed by atoms with Crippen LogP contribution in [0.3, 0.4) is 0 Å². The second-order valence-electron chi connectivity index (χ2n) is 3.16. The number of rotatable bonds is 1. The monoisotopic (exact) mass is 241 g/mol. The standard InChI is InChI=1S/C8H8F5NSi/c1-3-4(2)7(14)8(15(11,12)13)6(10)5(3)9/h14H2,1-2H3. The van der Waals surface area contributed by atoms with Gasteiger partial charge in [0.05, 0.1) is 5.19 Å². The number of anilines is 1. The van der Waals surface area contributed by atoms with E-state index in [0.717, 1.165) is 0 Å². The van der Waals surface area contributed by atoms with E-state index in [1.807, 2.05) is 0 Å². The number of nitrogens with two attached hydrogens (primary N) is 1. The SMILES string of the molecule is Cc1c(C)c(F)c(F)c([Si](F)(F)F)c1N. The van der Waals surface area contributed by atoms with Gasteiger partial charge in [-0.25, -0.2) is 21.1 Å². The molecule has 1 rings (SSSR count). The molecule has 0 saturated heterocycles. The quantitative estimate of drug-likeness (QED) is 0.347. The fraction of sp³-hybridized carbons (Fsp3) is 0.250. The van der Waals surface area contributed by atoms with Crippen LogP contribution in [-0.2, 0) is 0 Å². The Hall–Kier alpha value is -1.11. The molecule has 0 amide bonds. The molecule has 0 atom stereocenters. The van der Waals surface area contributed by atoms with E-state index in [2.05, 4.69) is 0 Å². The number of halogens is 5. The molecule has 0 spiro atoms. The van der Waals surface area contributed by atoms with Gasteiger partial charge in [-0.15, -0.1) is 0 Å². The summed E-state index contributed by atoms with van der Waals surface area (Å²) in [5.74, 6) is -3.35. The molecule has 0 unspecified atom stereocenters. The van der Waals surface area contributed by atoms with Crippen molar-refractivity contribution in [2.75, 3.05) is 5.73 Å². The van der Waals surface area contributed by atoms with Crippen molar-refractivity contribution in [2.45, 2.75) is 13.8 Å². The molecule has 2 N–H and O–H groups in total. The minimum atomic E-state index is -6.45. The summed E-state index contributed by atoms with van der Waals surface area (Å²) in [4.78, 5) is 0. The first kappa shape index (κ1) is 12.0. The highest BCUT2D eigenvalue weighted by atomic mass is 28.5. The predicted octanol–water partition coefficient (Wildman–Crippen LogP) is 2.22. The Kier molecular flexibility index (Phi) is 2.77. The van der Waals surface area contributed by atoms with Crippen LogP contribution in [0.1, 0.15) is 11.1 Å². The maximum Gasteiger partial charge on any atom is 0.658 e. The number of hydrogen-bond donors (Lipinski definition) is 1. The zero-order chi connectivity index (χ0) is 12.0. The molecule has 84 valence electrons. The summed E-state index contributed by atoms with van der Waals surface area (Å²) in [6.45, 7) is 2.42.